The van der Waals surface area contributed by atoms with E-state index in [0.717, 1.165) is 159 Å². The van der Waals surface area contributed by atoms with Gasteiger partial charge < -0.3 is 4.57 Å². The molecule has 352 valence electrons. The Morgan fingerprint density at radius 3 is 1.14 bits per heavy atom. The van der Waals surface area contributed by atoms with Gasteiger partial charge in [0.05, 0.1) is 44.6 Å². The fourth-order valence-corrected chi connectivity index (χ4v) is 14.0. The molecular formula is C70H37N7. The molecule has 0 atom stereocenters. The lowest BCUT2D eigenvalue weighted by Gasteiger charge is -2.28. The van der Waals surface area contributed by atoms with Crippen LogP contribution in [0, 0.1) is 11.3 Å². The van der Waals surface area contributed by atoms with Crippen molar-refractivity contribution < 1.29 is 0 Å². The smallest absolute Gasteiger partial charge is 0.146 e. The highest BCUT2D eigenvalue weighted by Crippen LogP contribution is 2.55. The summed E-state index contributed by atoms with van der Waals surface area (Å²) in [5.74, 6) is 0. The van der Waals surface area contributed by atoms with E-state index in [0.29, 0.717) is 5.56 Å². The molecule has 18 aromatic rings. The first kappa shape index (κ1) is 40.8. The fourth-order valence-electron chi connectivity index (χ4n) is 14.0. The predicted molar refractivity (Wildman–Crippen MR) is 317 cm³/mol. The van der Waals surface area contributed by atoms with Crippen LogP contribution in [0.4, 0.5) is 0 Å². The molecule has 0 aliphatic carbocycles. The number of nitriles is 1. The van der Waals surface area contributed by atoms with Crippen molar-refractivity contribution in [3.05, 3.63) is 230 Å². The van der Waals surface area contributed by atoms with Gasteiger partial charge in [0.1, 0.15) is 22.9 Å². The lowest BCUT2D eigenvalue weighted by molar-refractivity contribution is 1.07. The summed E-state index contributed by atoms with van der Waals surface area (Å²) in [6.07, 6.45) is 5.78. The molecule has 0 amide bonds. The van der Waals surface area contributed by atoms with E-state index in [2.05, 4.69) is 220 Å². The largest absolute Gasteiger partial charge is 0.308 e. The summed E-state index contributed by atoms with van der Waals surface area (Å²) in [5.41, 5.74) is 13.1. The van der Waals surface area contributed by atoms with Gasteiger partial charge in [-0.2, -0.15) is 5.26 Å². The molecule has 7 nitrogen and oxygen atoms in total. The molecule has 77 heavy (non-hydrogen) atoms. The highest BCUT2D eigenvalue weighted by atomic mass is 15.1. The van der Waals surface area contributed by atoms with Crippen LogP contribution in [0.5, 0.6) is 0 Å². The van der Waals surface area contributed by atoms with Crippen molar-refractivity contribution in [1.82, 2.24) is 28.7 Å². The second-order valence-electron chi connectivity index (χ2n) is 20.4. The van der Waals surface area contributed by atoms with Gasteiger partial charge >= 0.3 is 0 Å². The first-order chi connectivity index (χ1) is 38.3. The van der Waals surface area contributed by atoms with Crippen molar-refractivity contribution in [1.29, 1.82) is 5.26 Å². The average molecular weight is 976 g/mol. The van der Waals surface area contributed by atoms with Gasteiger partial charge in [0.2, 0.25) is 0 Å². The van der Waals surface area contributed by atoms with Crippen molar-refractivity contribution in [2.45, 2.75) is 0 Å². The van der Waals surface area contributed by atoms with Gasteiger partial charge in [0, 0.05) is 72.8 Å². The predicted octanol–water partition coefficient (Wildman–Crippen LogP) is 17.6. The fraction of sp³-hybridized carbons (Fsp3) is 0. The molecule has 0 bridgehead atoms. The Labute approximate surface area is 438 Å². The van der Waals surface area contributed by atoms with Crippen molar-refractivity contribution in [3.8, 4) is 45.4 Å². The van der Waals surface area contributed by atoms with E-state index >= 15 is 0 Å². The molecular weight excluding hydrogens is 939 g/mol. The molecule has 0 radical (unpaired) electrons. The lowest BCUT2D eigenvalue weighted by atomic mass is 9.88. The Balaban J connectivity index is 1.17. The van der Waals surface area contributed by atoms with E-state index in [1.54, 1.807) is 0 Å². The molecule has 6 aromatic heterocycles. The summed E-state index contributed by atoms with van der Waals surface area (Å²) in [7, 11) is 0. The van der Waals surface area contributed by atoms with Crippen molar-refractivity contribution >= 4 is 130 Å². The third-order valence-electron chi connectivity index (χ3n) is 16.9. The third-order valence-corrected chi connectivity index (χ3v) is 16.9. The molecule has 0 fully saturated rings. The third kappa shape index (κ3) is 5.02. The number of hydrogen-bond acceptors (Lipinski definition) is 4. The van der Waals surface area contributed by atoms with Gasteiger partial charge in [0.25, 0.3) is 0 Å². The molecule has 0 aliphatic heterocycles. The van der Waals surface area contributed by atoms with E-state index in [-0.39, 0.29) is 0 Å². The number of pyridine rings is 3. The van der Waals surface area contributed by atoms with E-state index in [4.69, 9.17) is 15.0 Å². The maximum absolute atomic E-state index is 12.8. The number of nitrogens with zero attached hydrogens (tertiary/aromatic N) is 7. The van der Waals surface area contributed by atoms with Crippen LogP contribution in [0.1, 0.15) is 5.56 Å². The number of fused-ring (bicyclic) bond motifs is 9. The molecule has 0 N–H and O–H groups in total. The highest BCUT2D eigenvalue weighted by Gasteiger charge is 2.35. The Hall–Kier alpha value is -10.7. The standard InChI is InChI=1S/C70H37N7/c71-38-52-66(76-55-31-11-24-45-41-20-7-9-22-43(41)48-33-36-73-69(76)63(48)60(45)55)57(39-16-3-1-4-17-39)68(75-53-29-13-26-47-50-28-15-35-72-65(50)51-27-14-30-54(75)62(51)59(47)53)58(40-18-5-2-6-19-40)67(52)77-56-32-12-25-46-42-21-8-10-23-44(42)49-34-37-74-70(77)64(49)61(46)56/h1-37H. The Kier molecular flexibility index (Phi) is 7.81. The number of rotatable bonds is 5. The topological polar surface area (TPSA) is 77.2 Å². The zero-order valence-electron chi connectivity index (χ0n) is 41.0. The van der Waals surface area contributed by atoms with Gasteiger partial charge in [-0.15, -0.1) is 0 Å². The summed E-state index contributed by atoms with van der Waals surface area (Å²) in [6, 6.07) is 76.9. The SMILES string of the molecule is N#Cc1c(-n2c3cccc4c5ccccc5c5ccnc2c5c43)c(-c2ccccc2)c(-n2c3cccc4c5cccnc5c5cccc2c5c43)c(-c2ccccc2)c1-n1c2cccc3c4ccccc4c4ccnc1c4c32. The summed E-state index contributed by atoms with van der Waals surface area (Å²) in [6.45, 7) is 0. The van der Waals surface area contributed by atoms with E-state index in [1.165, 1.54) is 10.8 Å². The molecule has 0 aliphatic rings. The molecule has 6 heterocycles. The minimum absolute atomic E-state index is 0.496. The quantitative estimate of drug-likeness (QED) is 0.161. The molecule has 12 aromatic carbocycles. The van der Waals surface area contributed by atoms with Crippen LogP contribution in [-0.4, -0.2) is 28.7 Å². The maximum atomic E-state index is 12.8. The Morgan fingerprint density at radius 2 is 0.662 bits per heavy atom. The zero-order valence-corrected chi connectivity index (χ0v) is 41.0. The number of hydrogen-bond donors (Lipinski definition) is 0. The summed E-state index contributed by atoms with van der Waals surface area (Å²) in [4.78, 5) is 15.9. The second-order valence-corrected chi connectivity index (χ2v) is 20.4. The van der Waals surface area contributed by atoms with Crippen LogP contribution in [0.3, 0.4) is 0 Å². The van der Waals surface area contributed by atoms with Crippen molar-refractivity contribution in [2.75, 3.05) is 0 Å². The average Bonchev–Trinajstić information content (AvgIpc) is 4.32. The summed E-state index contributed by atoms with van der Waals surface area (Å²) < 4.78 is 7.14. The van der Waals surface area contributed by atoms with Crippen LogP contribution < -0.4 is 0 Å². The van der Waals surface area contributed by atoms with Crippen LogP contribution in [0.15, 0.2) is 225 Å². The molecule has 0 unspecified atom stereocenters. The number of benzene rings is 12. The van der Waals surface area contributed by atoms with Gasteiger partial charge in [-0.05, 0) is 102 Å². The minimum Gasteiger partial charge on any atom is -0.308 e. The summed E-state index contributed by atoms with van der Waals surface area (Å²) in [5, 5.41) is 31.9. The molecule has 18 rings (SSSR count). The lowest BCUT2D eigenvalue weighted by Crippen LogP contribution is -2.14. The van der Waals surface area contributed by atoms with E-state index in [9.17, 15) is 5.26 Å². The molecule has 0 spiro atoms. The van der Waals surface area contributed by atoms with Crippen LogP contribution in [-0.2, 0) is 0 Å². The monoisotopic (exact) mass is 975 g/mol. The van der Waals surface area contributed by atoms with Gasteiger partial charge in [-0.25, -0.2) is 9.97 Å². The highest BCUT2D eigenvalue weighted by molar-refractivity contribution is 6.37. The first-order valence-electron chi connectivity index (χ1n) is 26.1. The van der Waals surface area contributed by atoms with Gasteiger partial charge in [0.15, 0.2) is 0 Å². The summed E-state index contributed by atoms with van der Waals surface area (Å²) >= 11 is 0. The molecule has 7 heteroatoms. The Bertz CT molecular complexity index is 5070. The van der Waals surface area contributed by atoms with E-state index in [1.807, 2.05) is 24.7 Å². The zero-order chi connectivity index (χ0) is 50.2. The van der Waals surface area contributed by atoms with Crippen LogP contribution in [0.25, 0.3) is 170 Å². The van der Waals surface area contributed by atoms with Crippen molar-refractivity contribution in [3.63, 3.8) is 0 Å². The minimum atomic E-state index is 0.496. The van der Waals surface area contributed by atoms with Gasteiger partial charge in [-0.3, -0.25) is 14.1 Å². The Morgan fingerprint density at radius 1 is 0.286 bits per heavy atom. The first-order valence-corrected chi connectivity index (χ1v) is 26.1. The normalized spacial score (nSPS) is 12.4. The second kappa shape index (κ2) is 14.8. The van der Waals surface area contributed by atoms with Gasteiger partial charge in [-0.1, -0.05) is 164 Å². The van der Waals surface area contributed by atoms with Crippen molar-refractivity contribution in [2.24, 2.45) is 0 Å². The number of aromatic nitrogens is 6. The molecule has 0 saturated heterocycles. The van der Waals surface area contributed by atoms with Crippen LogP contribution in [0.2, 0.25) is 0 Å². The maximum Gasteiger partial charge on any atom is 0.146 e. The van der Waals surface area contributed by atoms with E-state index < -0.39 is 0 Å². The van der Waals surface area contributed by atoms with Crippen LogP contribution >= 0.6 is 0 Å². The molecule has 0 saturated carbocycles.